The summed E-state index contributed by atoms with van der Waals surface area (Å²) >= 11 is 0. The summed E-state index contributed by atoms with van der Waals surface area (Å²) in [5, 5.41) is 13.1. The Hall–Kier alpha value is -0.570. The number of hydrazone groups is 1. The summed E-state index contributed by atoms with van der Waals surface area (Å²) in [4.78, 5) is 0. The van der Waals surface area contributed by atoms with Gasteiger partial charge in [-0.15, -0.1) is 0 Å². The quantitative estimate of drug-likeness (QED) is 0.367. The Morgan fingerprint density at radius 3 is 2.18 bits per heavy atom. The minimum Gasteiger partial charge on any atom is -0.372 e. The maximum Gasteiger partial charge on any atom is 0.142 e. The molecule has 3 nitrogen and oxygen atoms in total. The molecule has 3 heteroatoms. The number of rotatable bonds is 4. The molecule has 66 valence electrons. The standard InChI is InChI=1S/C8H18N2O/c1-6(2)5-9-10-8(11)7(3)4/h5-8,10-11H,1-4H3/b9-5+. The predicted molar refractivity (Wildman–Crippen MR) is 47.3 cm³/mol. The Morgan fingerprint density at radius 2 is 1.82 bits per heavy atom. The van der Waals surface area contributed by atoms with Crippen molar-refractivity contribution in [2.75, 3.05) is 0 Å². The van der Waals surface area contributed by atoms with Crippen molar-refractivity contribution in [3.8, 4) is 0 Å². The topological polar surface area (TPSA) is 44.6 Å². The van der Waals surface area contributed by atoms with Gasteiger partial charge in [-0.3, -0.25) is 5.43 Å². The molecule has 1 atom stereocenters. The molecule has 0 amide bonds. The van der Waals surface area contributed by atoms with Crippen LogP contribution in [0.5, 0.6) is 0 Å². The van der Waals surface area contributed by atoms with E-state index >= 15 is 0 Å². The Bertz CT molecular complexity index is 121. The second-order valence-electron chi connectivity index (χ2n) is 3.34. The van der Waals surface area contributed by atoms with E-state index in [0.29, 0.717) is 5.92 Å². The molecule has 0 aromatic carbocycles. The summed E-state index contributed by atoms with van der Waals surface area (Å²) in [5.74, 6) is 0.612. The highest BCUT2D eigenvalue weighted by molar-refractivity contribution is 5.59. The third-order valence-electron chi connectivity index (χ3n) is 1.21. The average Bonchev–Trinajstić information content (AvgIpc) is 1.86. The van der Waals surface area contributed by atoms with Crippen LogP contribution in [0.3, 0.4) is 0 Å². The Labute approximate surface area is 68.5 Å². The monoisotopic (exact) mass is 158 g/mol. The first-order chi connectivity index (χ1) is 5.04. The number of aliphatic hydroxyl groups is 1. The van der Waals surface area contributed by atoms with Gasteiger partial charge in [-0.05, 0) is 11.8 Å². The van der Waals surface area contributed by atoms with Gasteiger partial charge in [0.1, 0.15) is 6.23 Å². The van der Waals surface area contributed by atoms with E-state index in [4.69, 9.17) is 0 Å². The van der Waals surface area contributed by atoms with Crippen molar-refractivity contribution in [1.29, 1.82) is 0 Å². The lowest BCUT2D eigenvalue weighted by Crippen LogP contribution is -2.29. The Kier molecular flexibility index (Phi) is 4.86. The lowest BCUT2D eigenvalue weighted by Gasteiger charge is -2.13. The summed E-state index contributed by atoms with van der Waals surface area (Å²) in [7, 11) is 0. The molecule has 0 rings (SSSR count). The van der Waals surface area contributed by atoms with Gasteiger partial charge < -0.3 is 5.11 Å². The molecule has 0 fully saturated rings. The summed E-state index contributed by atoms with van der Waals surface area (Å²) in [6, 6.07) is 0. The predicted octanol–water partition coefficient (Wildman–Crippen LogP) is 1.19. The molecular weight excluding hydrogens is 140 g/mol. The Morgan fingerprint density at radius 1 is 1.27 bits per heavy atom. The summed E-state index contributed by atoms with van der Waals surface area (Å²) < 4.78 is 0. The lowest BCUT2D eigenvalue weighted by molar-refractivity contribution is 0.0922. The highest BCUT2D eigenvalue weighted by Gasteiger charge is 2.05. The molecule has 0 radical (unpaired) electrons. The normalized spacial score (nSPS) is 14.8. The van der Waals surface area contributed by atoms with Gasteiger partial charge in [0, 0.05) is 6.21 Å². The first-order valence-electron chi connectivity index (χ1n) is 4.00. The Balaban J connectivity index is 3.53. The zero-order valence-electron chi connectivity index (χ0n) is 7.70. The van der Waals surface area contributed by atoms with Crippen LogP contribution < -0.4 is 5.43 Å². The van der Waals surface area contributed by atoms with Crippen molar-refractivity contribution in [3.05, 3.63) is 0 Å². The molecule has 2 N–H and O–H groups in total. The zero-order valence-corrected chi connectivity index (χ0v) is 7.70. The average molecular weight is 158 g/mol. The van der Waals surface area contributed by atoms with Crippen LogP contribution in [-0.4, -0.2) is 17.5 Å². The van der Waals surface area contributed by atoms with Crippen molar-refractivity contribution in [3.63, 3.8) is 0 Å². The van der Waals surface area contributed by atoms with Crippen LogP contribution in [0, 0.1) is 11.8 Å². The molecule has 0 aliphatic heterocycles. The van der Waals surface area contributed by atoms with Crippen LogP contribution in [0.1, 0.15) is 27.7 Å². The van der Waals surface area contributed by atoms with Crippen molar-refractivity contribution in [2.24, 2.45) is 16.9 Å². The molecule has 0 saturated carbocycles. The second-order valence-corrected chi connectivity index (χ2v) is 3.34. The van der Waals surface area contributed by atoms with E-state index in [1.165, 1.54) is 0 Å². The van der Waals surface area contributed by atoms with Gasteiger partial charge in [0.05, 0.1) is 0 Å². The second kappa shape index (κ2) is 5.13. The number of nitrogens with zero attached hydrogens (tertiary/aromatic N) is 1. The molecule has 0 bridgehead atoms. The molecule has 0 saturated heterocycles. The van der Waals surface area contributed by atoms with Gasteiger partial charge in [-0.25, -0.2) is 0 Å². The molecule has 11 heavy (non-hydrogen) atoms. The van der Waals surface area contributed by atoms with Gasteiger partial charge in [0.2, 0.25) is 0 Å². The minimum absolute atomic E-state index is 0.194. The maximum atomic E-state index is 9.21. The molecule has 0 heterocycles. The van der Waals surface area contributed by atoms with Crippen LogP contribution in [0.4, 0.5) is 0 Å². The van der Waals surface area contributed by atoms with E-state index in [1.807, 2.05) is 27.7 Å². The third kappa shape index (κ3) is 5.85. The van der Waals surface area contributed by atoms with E-state index in [1.54, 1.807) is 6.21 Å². The van der Waals surface area contributed by atoms with Crippen LogP contribution in [-0.2, 0) is 0 Å². The largest absolute Gasteiger partial charge is 0.372 e. The van der Waals surface area contributed by atoms with Crippen molar-refractivity contribution in [1.82, 2.24) is 5.43 Å². The van der Waals surface area contributed by atoms with Crippen LogP contribution >= 0.6 is 0 Å². The fraction of sp³-hybridized carbons (Fsp3) is 0.875. The third-order valence-corrected chi connectivity index (χ3v) is 1.21. The van der Waals surface area contributed by atoms with Crippen LogP contribution in [0.15, 0.2) is 5.10 Å². The molecule has 0 aromatic heterocycles. The SMILES string of the molecule is CC(C)/C=N/NC(O)C(C)C. The number of nitrogens with one attached hydrogen (secondary N) is 1. The number of hydrogen-bond acceptors (Lipinski definition) is 3. The summed E-state index contributed by atoms with van der Waals surface area (Å²) in [6.07, 6.45) is 1.23. The van der Waals surface area contributed by atoms with Gasteiger partial charge in [-0.2, -0.15) is 5.10 Å². The van der Waals surface area contributed by atoms with E-state index in [-0.39, 0.29) is 5.92 Å². The van der Waals surface area contributed by atoms with Crippen LogP contribution in [0.2, 0.25) is 0 Å². The fourth-order valence-corrected chi connectivity index (χ4v) is 0.418. The molecule has 0 aliphatic rings. The number of hydrogen-bond donors (Lipinski definition) is 2. The summed E-state index contributed by atoms with van der Waals surface area (Å²) in [6.45, 7) is 7.94. The van der Waals surface area contributed by atoms with Gasteiger partial charge >= 0.3 is 0 Å². The highest BCUT2D eigenvalue weighted by atomic mass is 16.3. The van der Waals surface area contributed by atoms with Crippen molar-refractivity contribution >= 4 is 6.21 Å². The van der Waals surface area contributed by atoms with Gasteiger partial charge in [0.15, 0.2) is 0 Å². The molecule has 0 aliphatic carbocycles. The lowest BCUT2D eigenvalue weighted by atomic mass is 10.2. The first kappa shape index (κ1) is 10.4. The maximum absolute atomic E-state index is 9.21. The molecule has 0 spiro atoms. The first-order valence-corrected chi connectivity index (χ1v) is 4.00. The zero-order chi connectivity index (χ0) is 8.85. The van der Waals surface area contributed by atoms with Crippen LogP contribution in [0.25, 0.3) is 0 Å². The minimum atomic E-state index is -0.537. The smallest absolute Gasteiger partial charge is 0.142 e. The van der Waals surface area contributed by atoms with Crippen molar-refractivity contribution < 1.29 is 5.11 Å². The molecular formula is C8H18N2O. The summed E-state index contributed by atoms with van der Waals surface area (Å²) in [5.41, 5.74) is 2.64. The van der Waals surface area contributed by atoms with Gasteiger partial charge in [0.25, 0.3) is 0 Å². The fourth-order valence-electron chi connectivity index (χ4n) is 0.418. The number of aliphatic hydroxyl groups excluding tert-OH is 1. The van der Waals surface area contributed by atoms with E-state index in [0.717, 1.165) is 0 Å². The van der Waals surface area contributed by atoms with Crippen molar-refractivity contribution in [2.45, 2.75) is 33.9 Å². The molecule has 1 unspecified atom stereocenters. The highest BCUT2D eigenvalue weighted by Crippen LogP contribution is 1.96. The van der Waals surface area contributed by atoms with E-state index in [9.17, 15) is 5.11 Å². The van der Waals surface area contributed by atoms with E-state index < -0.39 is 6.23 Å². The molecule has 0 aromatic rings. The van der Waals surface area contributed by atoms with Gasteiger partial charge in [-0.1, -0.05) is 27.7 Å². The van der Waals surface area contributed by atoms with E-state index in [2.05, 4.69) is 10.5 Å².